The van der Waals surface area contributed by atoms with E-state index < -0.39 is 5.91 Å². The first-order chi connectivity index (χ1) is 17.5. The number of halogens is 2. The molecule has 1 aromatic heterocycles. The maximum Gasteiger partial charge on any atom is 0.283 e. The van der Waals surface area contributed by atoms with E-state index in [1.165, 1.54) is 36.0 Å². The first-order valence-electron chi connectivity index (χ1n) is 12.0. The molecule has 2 aliphatic heterocycles. The minimum Gasteiger partial charge on any atom is -0.342 e. The van der Waals surface area contributed by atoms with E-state index >= 15 is 0 Å². The fraction of sp³-hybridized carbons (Fsp3) is 0.259. The number of nitrogens with one attached hydrogen (secondary N) is 1. The second-order valence-corrected chi connectivity index (χ2v) is 11.1. The number of aliphatic imine (C=N–C) groups is 1. The van der Waals surface area contributed by atoms with Gasteiger partial charge in [-0.05, 0) is 54.4 Å². The average Bonchev–Trinajstić information content (AvgIpc) is 3.46. The summed E-state index contributed by atoms with van der Waals surface area (Å²) in [6.07, 6.45) is 9.61. The van der Waals surface area contributed by atoms with Crippen LogP contribution in [0.3, 0.4) is 0 Å². The molecular formula is C27H23Cl2N5OS. The minimum absolute atomic E-state index is 0.0703. The lowest BCUT2D eigenvalue weighted by molar-refractivity contribution is -0.114. The fourth-order valence-electron chi connectivity index (χ4n) is 5.03. The van der Waals surface area contributed by atoms with Gasteiger partial charge in [0.1, 0.15) is 5.04 Å². The van der Waals surface area contributed by atoms with Gasteiger partial charge >= 0.3 is 0 Å². The van der Waals surface area contributed by atoms with Crippen LogP contribution in [0.1, 0.15) is 43.2 Å². The summed E-state index contributed by atoms with van der Waals surface area (Å²) in [4.78, 5) is 17.3. The number of benzene rings is 2. The molecule has 3 aliphatic rings. The Hall–Kier alpha value is -2.87. The number of rotatable bonds is 4. The number of carbonyl (C=O) groups is 1. The molecule has 2 aromatic carbocycles. The minimum atomic E-state index is -0.406. The number of fused-ring (bicyclic) bond motifs is 2. The van der Waals surface area contributed by atoms with Crippen LogP contribution in [-0.2, 0) is 11.3 Å². The summed E-state index contributed by atoms with van der Waals surface area (Å²) in [5.74, 6) is 0.0577. The highest BCUT2D eigenvalue weighted by Gasteiger charge is 2.38. The Morgan fingerprint density at radius 1 is 1.11 bits per heavy atom. The Labute approximate surface area is 223 Å². The van der Waals surface area contributed by atoms with Crippen molar-refractivity contribution in [1.82, 2.24) is 9.58 Å². The van der Waals surface area contributed by atoms with Gasteiger partial charge in [-0.25, -0.2) is 0 Å². The van der Waals surface area contributed by atoms with Crippen molar-refractivity contribution < 1.29 is 4.79 Å². The van der Waals surface area contributed by atoms with Crippen LogP contribution in [0.15, 0.2) is 64.3 Å². The van der Waals surface area contributed by atoms with Crippen molar-refractivity contribution in [3.05, 3.63) is 75.4 Å². The SMILES string of the molecule is N=C1/C(=C/c2cn(Cc3ccc(Cl)cc3Cl)c3ccccc23)C(=O)N=C2SC(C3CCCCC3)=NN12. The summed E-state index contributed by atoms with van der Waals surface area (Å²) < 4.78 is 2.09. The molecule has 1 fully saturated rings. The van der Waals surface area contributed by atoms with Crippen molar-refractivity contribution in [2.24, 2.45) is 16.0 Å². The smallest absolute Gasteiger partial charge is 0.283 e. The van der Waals surface area contributed by atoms with Crippen molar-refractivity contribution in [2.75, 3.05) is 0 Å². The van der Waals surface area contributed by atoms with E-state index in [-0.39, 0.29) is 11.4 Å². The monoisotopic (exact) mass is 535 g/mol. The van der Waals surface area contributed by atoms with Crippen molar-refractivity contribution in [2.45, 2.75) is 38.6 Å². The highest BCUT2D eigenvalue weighted by atomic mass is 35.5. The molecule has 182 valence electrons. The third kappa shape index (κ3) is 4.29. The molecule has 6 nitrogen and oxygen atoms in total. The van der Waals surface area contributed by atoms with Gasteiger partial charge in [-0.2, -0.15) is 15.1 Å². The topological polar surface area (TPSA) is 73.8 Å². The summed E-state index contributed by atoms with van der Waals surface area (Å²) in [5, 5.41) is 18.7. The lowest BCUT2D eigenvalue weighted by Gasteiger charge is -2.20. The van der Waals surface area contributed by atoms with Crippen molar-refractivity contribution in [3.63, 3.8) is 0 Å². The Balaban J connectivity index is 1.35. The number of para-hydroxylation sites is 1. The number of hydrazone groups is 1. The number of aromatic nitrogens is 1. The summed E-state index contributed by atoms with van der Waals surface area (Å²) in [6, 6.07) is 13.5. The lowest BCUT2D eigenvalue weighted by Crippen LogP contribution is -2.35. The zero-order valence-electron chi connectivity index (χ0n) is 19.4. The highest BCUT2D eigenvalue weighted by Crippen LogP contribution is 2.36. The van der Waals surface area contributed by atoms with Gasteiger partial charge < -0.3 is 4.57 Å². The standard InChI is InChI=1S/C27H23Cl2N5OS/c28-19-11-10-17(22(29)13-19)14-33-15-18(20-8-4-5-9-23(20)33)12-21-24(30)34-27(31-25(21)35)36-26(32-34)16-6-2-1-3-7-16/h4-5,8-13,15-16,30H,1-3,6-7,14H2/b21-12-,30-24?. The van der Waals surface area contributed by atoms with E-state index in [2.05, 4.69) is 9.56 Å². The number of thioether (sulfide) groups is 1. The number of hydrogen-bond acceptors (Lipinski definition) is 4. The molecular weight excluding hydrogens is 513 g/mol. The first-order valence-corrected chi connectivity index (χ1v) is 13.6. The Kier molecular flexibility index (Phi) is 6.23. The maximum absolute atomic E-state index is 13.0. The molecule has 3 heterocycles. The first kappa shape index (κ1) is 23.5. The third-order valence-corrected chi connectivity index (χ3v) is 8.56. The van der Waals surface area contributed by atoms with Crippen molar-refractivity contribution >= 4 is 73.9 Å². The lowest BCUT2D eigenvalue weighted by atomic mass is 9.90. The molecule has 0 radical (unpaired) electrons. The number of nitrogens with zero attached hydrogens (tertiary/aromatic N) is 4. The summed E-state index contributed by atoms with van der Waals surface area (Å²) in [6.45, 7) is 0.547. The van der Waals surface area contributed by atoms with E-state index in [4.69, 9.17) is 33.7 Å². The van der Waals surface area contributed by atoms with E-state index in [1.807, 2.05) is 42.6 Å². The van der Waals surface area contributed by atoms with Gasteiger partial charge in [0.25, 0.3) is 5.91 Å². The third-order valence-electron chi connectivity index (χ3n) is 6.90. The molecule has 1 N–H and O–H groups in total. The second kappa shape index (κ2) is 9.54. The number of amidine groups is 2. The molecule has 6 rings (SSSR count). The fourth-order valence-corrected chi connectivity index (χ4v) is 6.56. The zero-order chi connectivity index (χ0) is 24.8. The highest BCUT2D eigenvalue weighted by molar-refractivity contribution is 8.27. The van der Waals surface area contributed by atoms with Crippen LogP contribution in [-0.4, -0.2) is 31.5 Å². The van der Waals surface area contributed by atoms with Crippen LogP contribution >= 0.6 is 35.0 Å². The Morgan fingerprint density at radius 2 is 1.92 bits per heavy atom. The van der Waals surface area contributed by atoms with Crippen LogP contribution < -0.4 is 0 Å². The normalized spacial score (nSPS) is 19.7. The van der Waals surface area contributed by atoms with E-state index in [1.54, 1.807) is 12.1 Å². The van der Waals surface area contributed by atoms with Crippen LogP contribution in [0, 0.1) is 11.3 Å². The van der Waals surface area contributed by atoms with Gasteiger partial charge in [0.15, 0.2) is 5.84 Å². The molecule has 3 aromatic rings. The van der Waals surface area contributed by atoms with Crippen LogP contribution in [0.4, 0.5) is 0 Å². The average molecular weight is 536 g/mol. The number of carbonyl (C=O) groups excluding carboxylic acids is 1. The van der Waals surface area contributed by atoms with E-state index in [0.717, 1.165) is 39.9 Å². The maximum atomic E-state index is 13.0. The molecule has 0 spiro atoms. The van der Waals surface area contributed by atoms with Crippen molar-refractivity contribution in [1.29, 1.82) is 5.41 Å². The quantitative estimate of drug-likeness (QED) is 0.359. The molecule has 1 amide bonds. The van der Waals surface area contributed by atoms with Gasteiger partial charge in [0.05, 0.1) is 5.57 Å². The van der Waals surface area contributed by atoms with Crippen LogP contribution in [0.25, 0.3) is 17.0 Å². The van der Waals surface area contributed by atoms with Gasteiger partial charge in [-0.3, -0.25) is 10.2 Å². The molecule has 1 aliphatic carbocycles. The van der Waals surface area contributed by atoms with Gasteiger partial charge in [0, 0.05) is 45.2 Å². The van der Waals surface area contributed by atoms with Crippen LogP contribution in [0.5, 0.6) is 0 Å². The van der Waals surface area contributed by atoms with Crippen LogP contribution in [0.2, 0.25) is 10.0 Å². The summed E-state index contributed by atoms with van der Waals surface area (Å²) >= 11 is 13.9. The molecule has 36 heavy (non-hydrogen) atoms. The number of hydrogen-bond donors (Lipinski definition) is 1. The second-order valence-electron chi connectivity index (χ2n) is 9.26. The van der Waals surface area contributed by atoms with E-state index in [0.29, 0.717) is 27.7 Å². The van der Waals surface area contributed by atoms with Gasteiger partial charge in [-0.1, -0.05) is 66.7 Å². The number of amides is 1. The van der Waals surface area contributed by atoms with Gasteiger partial charge in [0.2, 0.25) is 5.17 Å². The zero-order valence-corrected chi connectivity index (χ0v) is 21.7. The molecule has 0 bridgehead atoms. The molecule has 0 atom stereocenters. The largest absolute Gasteiger partial charge is 0.342 e. The predicted octanol–water partition coefficient (Wildman–Crippen LogP) is 7.20. The summed E-state index contributed by atoms with van der Waals surface area (Å²) in [5.41, 5.74) is 3.02. The van der Waals surface area contributed by atoms with Crippen molar-refractivity contribution in [3.8, 4) is 0 Å². The Morgan fingerprint density at radius 3 is 2.72 bits per heavy atom. The van der Waals surface area contributed by atoms with Gasteiger partial charge in [-0.15, -0.1) is 0 Å². The molecule has 1 saturated carbocycles. The van der Waals surface area contributed by atoms with E-state index in [9.17, 15) is 4.79 Å². The molecule has 9 heteroatoms. The molecule has 0 unspecified atom stereocenters. The molecule has 0 saturated heterocycles. The summed E-state index contributed by atoms with van der Waals surface area (Å²) in [7, 11) is 0. The Bertz CT molecular complexity index is 1500. The predicted molar refractivity (Wildman–Crippen MR) is 149 cm³/mol.